The molecular weight excluding hydrogens is 279 g/mol. The average Bonchev–Trinajstić information content (AvgIpc) is 2.37. The Morgan fingerprint density at radius 2 is 2.05 bits per heavy atom. The van der Waals surface area contributed by atoms with Gasteiger partial charge in [0.2, 0.25) is 0 Å². The average molecular weight is 295 g/mol. The third kappa shape index (κ3) is 3.69. The predicted molar refractivity (Wildman–Crippen MR) is 80.7 cm³/mol. The first kappa shape index (κ1) is 14.3. The van der Waals surface area contributed by atoms with E-state index in [4.69, 9.17) is 23.2 Å². The minimum absolute atomic E-state index is 0.157. The van der Waals surface area contributed by atoms with Gasteiger partial charge >= 0.3 is 0 Å². The summed E-state index contributed by atoms with van der Waals surface area (Å²) in [4.78, 5) is 4.14. The Labute approximate surface area is 123 Å². The van der Waals surface area contributed by atoms with Crippen LogP contribution in [-0.2, 0) is 6.54 Å². The van der Waals surface area contributed by atoms with Crippen molar-refractivity contribution in [1.82, 2.24) is 10.3 Å². The number of rotatable bonds is 4. The number of aryl methyl sites for hydroxylation is 1. The monoisotopic (exact) mass is 294 g/mol. The van der Waals surface area contributed by atoms with E-state index in [0.717, 1.165) is 12.1 Å². The van der Waals surface area contributed by atoms with Crippen LogP contribution >= 0.6 is 23.2 Å². The number of nitrogens with one attached hydrogen (secondary N) is 1. The zero-order chi connectivity index (χ0) is 13.8. The van der Waals surface area contributed by atoms with E-state index in [9.17, 15) is 0 Å². The fourth-order valence-electron chi connectivity index (χ4n) is 1.91. The first-order valence-electron chi connectivity index (χ1n) is 6.15. The Hall–Kier alpha value is -1.09. The van der Waals surface area contributed by atoms with Gasteiger partial charge in [-0.2, -0.15) is 0 Å². The fraction of sp³-hybridized carbons (Fsp3) is 0.267. The molecule has 1 heterocycles. The molecule has 1 unspecified atom stereocenters. The van der Waals surface area contributed by atoms with Crippen molar-refractivity contribution in [2.75, 3.05) is 0 Å². The third-order valence-electron chi connectivity index (χ3n) is 3.18. The van der Waals surface area contributed by atoms with Crippen LogP contribution in [0.3, 0.4) is 0 Å². The van der Waals surface area contributed by atoms with Crippen molar-refractivity contribution in [1.29, 1.82) is 0 Å². The molecule has 2 nitrogen and oxygen atoms in total. The number of benzene rings is 1. The first-order chi connectivity index (χ1) is 9.08. The lowest BCUT2D eigenvalue weighted by atomic mass is 10.1. The summed E-state index contributed by atoms with van der Waals surface area (Å²) in [5, 5.41) is 4.80. The summed E-state index contributed by atoms with van der Waals surface area (Å²) >= 11 is 12.1. The van der Waals surface area contributed by atoms with Crippen LogP contribution in [0.4, 0.5) is 0 Å². The summed E-state index contributed by atoms with van der Waals surface area (Å²) in [5.74, 6) is 0. The van der Waals surface area contributed by atoms with Gasteiger partial charge in [0.05, 0.1) is 0 Å². The van der Waals surface area contributed by atoms with Crippen molar-refractivity contribution in [2.24, 2.45) is 0 Å². The van der Waals surface area contributed by atoms with E-state index >= 15 is 0 Å². The molecule has 1 aromatic carbocycles. The van der Waals surface area contributed by atoms with Gasteiger partial charge in [0.1, 0.15) is 0 Å². The van der Waals surface area contributed by atoms with Crippen molar-refractivity contribution < 1.29 is 0 Å². The standard InChI is InChI=1S/C15H16Cl2N2/c1-10-5-6-18-8-12(10)9-19-11(2)14-4-3-13(16)7-15(14)17/h3-8,11,19H,9H2,1-2H3. The third-order valence-corrected chi connectivity index (χ3v) is 3.74. The lowest BCUT2D eigenvalue weighted by molar-refractivity contribution is 0.572. The van der Waals surface area contributed by atoms with Gasteiger partial charge in [0.25, 0.3) is 0 Å². The molecule has 0 aliphatic heterocycles. The van der Waals surface area contributed by atoms with Gasteiger partial charge in [-0.25, -0.2) is 0 Å². The largest absolute Gasteiger partial charge is 0.306 e. The normalized spacial score (nSPS) is 12.4. The number of pyridine rings is 1. The van der Waals surface area contributed by atoms with Gasteiger partial charge in [0.15, 0.2) is 0 Å². The molecule has 2 rings (SSSR count). The second kappa shape index (κ2) is 6.38. The highest BCUT2D eigenvalue weighted by Crippen LogP contribution is 2.26. The molecule has 0 saturated carbocycles. The van der Waals surface area contributed by atoms with Crippen LogP contribution in [0, 0.1) is 6.92 Å². The highest BCUT2D eigenvalue weighted by atomic mass is 35.5. The van der Waals surface area contributed by atoms with Crippen LogP contribution in [0.15, 0.2) is 36.7 Å². The van der Waals surface area contributed by atoms with Crippen molar-refractivity contribution in [2.45, 2.75) is 26.4 Å². The van der Waals surface area contributed by atoms with Crippen LogP contribution in [0.2, 0.25) is 10.0 Å². The molecule has 2 aromatic rings. The van der Waals surface area contributed by atoms with E-state index in [2.05, 4.69) is 24.1 Å². The highest BCUT2D eigenvalue weighted by Gasteiger charge is 2.10. The summed E-state index contributed by atoms with van der Waals surface area (Å²) in [5.41, 5.74) is 3.48. The second-order valence-electron chi connectivity index (χ2n) is 4.57. The maximum atomic E-state index is 6.20. The van der Waals surface area contributed by atoms with E-state index < -0.39 is 0 Å². The SMILES string of the molecule is Cc1ccncc1CNC(C)c1ccc(Cl)cc1Cl. The number of hydrogen-bond acceptors (Lipinski definition) is 2. The van der Waals surface area contributed by atoms with Crippen molar-refractivity contribution in [3.63, 3.8) is 0 Å². The van der Waals surface area contributed by atoms with Crippen molar-refractivity contribution in [3.8, 4) is 0 Å². The van der Waals surface area contributed by atoms with Crippen molar-refractivity contribution in [3.05, 3.63) is 63.4 Å². The fourth-order valence-corrected chi connectivity index (χ4v) is 2.48. The first-order valence-corrected chi connectivity index (χ1v) is 6.91. The molecule has 19 heavy (non-hydrogen) atoms. The quantitative estimate of drug-likeness (QED) is 0.895. The summed E-state index contributed by atoms with van der Waals surface area (Å²) < 4.78 is 0. The zero-order valence-electron chi connectivity index (χ0n) is 11.0. The van der Waals surface area contributed by atoms with E-state index in [1.54, 1.807) is 12.3 Å². The molecule has 1 N–H and O–H groups in total. The summed E-state index contributed by atoms with van der Waals surface area (Å²) in [6, 6.07) is 7.75. The van der Waals surface area contributed by atoms with Crippen LogP contribution in [-0.4, -0.2) is 4.98 Å². The van der Waals surface area contributed by atoms with Gasteiger partial charge < -0.3 is 5.32 Å². The molecule has 0 aliphatic rings. The molecule has 1 atom stereocenters. The topological polar surface area (TPSA) is 24.9 Å². The van der Waals surface area contributed by atoms with Gasteiger partial charge in [-0.15, -0.1) is 0 Å². The predicted octanol–water partition coefficient (Wildman–Crippen LogP) is 4.55. The second-order valence-corrected chi connectivity index (χ2v) is 5.41. The molecule has 1 aromatic heterocycles. The molecule has 0 spiro atoms. The van der Waals surface area contributed by atoms with Gasteiger partial charge in [0, 0.05) is 35.0 Å². The summed E-state index contributed by atoms with van der Waals surface area (Å²) in [6.45, 7) is 4.93. The number of hydrogen-bond donors (Lipinski definition) is 1. The van der Waals surface area contributed by atoms with Gasteiger partial charge in [-0.05, 0) is 48.7 Å². The molecule has 0 bridgehead atoms. The van der Waals surface area contributed by atoms with Crippen LogP contribution in [0.1, 0.15) is 29.7 Å². The highest BCUT2D eigenvalue weighted by molar-refractivity contribution is 6.35. The Kier molecular flexibility index (Phi) is 4.81. The summed E-state index contributed by atoms with van der Waals surface area (Å²) in [7, 11) is 0. The molecule has 0 aliphatic carbocycles. The maximum absolute atomic E-state index is 6.20. The lowest BCUT2D eigenvalue weighted by Crippen LogP contribution is -2.19. The molecule has 0 saturated heterocycles. The Balaban J connectivity index is 2.05. The zero-order valence-corrected chi connectivity index (χ0v) is 12.5. The summed E-state index contributed by atoms with van der Waals surface area (Å²) in [6.07, 6.45) is 3.69. The lowest BCUT2D eigenvalue weighted by Gasteiger charge is -2.16. The minimum Gasteiger partial charge on any atom is -0.306 e. The number of aromatic nitrogens is 1. The van der Waals surface area contributed by atoms with E-state index in [0.29, 0.717) is 10.0 Å². The minimum atomic E-state index is 0.157. The van der Waals surface area contributed by atoms with Crippen LogP contribution in [0.5, 0.6) is 0 Å². The van der Waals surface area contributed by atoms with Gasteiger partial charge in [-0.3, -0.25) is 4.98 Å². The van der Waals surface area contributed by atoms with Crippen LogP contribution in [0.25, 0.3) is 0 Å². The van der Waals surface area contributed by atoms with E-state index in [1.165, 1.54) is 11.1 Å². The van der Waals surface area contributed by atoms with Gasteiger partial charge in [-0.1, -0.05) is 29.3 Å². The van der Waals surface area contributed by atoms with Crippen molar-refractivity contribution >= 4 is 23.2 Å². The van der Waals surface area contributed by atoms with Crippen LogP contribution < -0.4 is 5.32 Å². The maximum Gasteiger partial charge on any atom is 0.0468 e. The number of nitrogens with zero attached hydrogens (tertiary/aromatic N) is 1. The molecule has 4 heteroatoms. The molecule has 0 fully saturated rings. The molecular formula is C15H16Cl2N2. The smallest absolute Gasteiger partial charge is 0.0468 e. The number of halogens is 2. The molecule has 0 amide bonds. The van der Waals surface area contributed by atoms with E-state index in [-0.39, 0.29) is 6.04 Å². The molecule has 0 radical (unpaired) electrons. The molecule has 100 valence electrons. The Bertz CT molecular complexity index is 570. The van der Waals surface area contributed by atoms with E-state index in [1.807, 2.05) is 24.4 Å². The Morgan fingerprint density at radius 3 is 2.74 bits per heavy atom. The Morgan fingerprint density at radius 1 is 1.26 bits per heavy atom.